The standard InChI is InChI=1S/C14H24N2O6/c1-7-21-11(17)14(16(19)20)10(8-9(2)3)15(14)12(18)22-13(4,5)6/h9-10H,7-8H2,1-6H3/t10-,14+,15?/m0/s1. The molecule has 22 heavy (non-hydrogen) atoms. The van der Waals surface area contributed by atoms with E-state index in [2.05, 4.69) is 0 Å². The average molecular weight is 316 g/mol. The summed E-state index contributed by atoms with van der Waals surface area (Å²) >= 11 is 0. The third kappa shape index (κ3) is 3.31. The number of amides is 1. The van der Waals surface area contributed by atoms with Gasteiger partial charge in [0, 0.05) is 0 Å². The Balaban J connectivity index is 3.13. The number of rotatable bonds is 5. The zero-order valence-electron chi connectivity index (χ0n) is 13.9. The van der Waals surface area contributed by atoms with Crippen LogP contribution in [0.5, 0.6) is 0 Å². The van der Waals surface area contributed by atoms with E-state index in [4.69, 9.17) is 9.47 Å². The van der Waals surface area contributed by atoms with Crippen molar-refractivity contribution in [3.05, 3.63) is 10.1 Å². The molecule has 1 rings (SSSR count). The normalized spacial score (nSPS) is 24.1. The van der Waals surface area contributed by atoms with Crippen LogP contribution in [0.1, 0.15) is 48.0 Å². The van der Waals surface area contributed by atoms with Crippen molar-refractivity contribution < 1.29 is 24.0 Å². The summed E-state index contributed by atoms with van der Waals surface area (Å²) in [4.78, 5) is 36.0. The molecule has 1 heterocycles. The smallest absolute Gasteiger partial charge is 0.418 e. The van der Waals surface area contributed by atoms with E-state index < -0.39 is 34.3 Å². The molecule has 0 saturated carbocycles. The number of carbonyl (C=O) groups is 2. The molecule has 0 aromatic carbocycles. The van der Waals surface area contributed by atoms with Gasteiger partial charge in [0.2, 0.25) is 0 Å². The van der Waals surface area contributed by atoms with Crippen molar-refractivity contribution in [1.82, 2.24) is 4.90 Å². The Bertz CT molecular complexity index is 470. The monoisotopic (exact) mass is 316 g/mol. The summed E-state index contributed by atoms with van der Waals surface area (Å²) in [5.74, 6) is -0.942. The van der Waals surface area contributed by atoms with Gasteiger partial charge in [-0.25, -0.2) is 14.5 Å². The van der Waals surface area contributed by atoms with Crippen molar-refractivity contribution in [2.75, 3.05) is 6.61 Å². The molecule has 0 aromatic rings. The summed E-state index contributed by atoms with van der Waals surface area (Å²) in [5, 5.41) is 11.5. The second kappa shape index (κ2) is 6.10. The Hall–Kier alpha value is -1.86. The molecular formula is C14H24N2O6. The van der Waals surface area contributed by atoms with E-state index >= 15 is 0 Å². The Morgan fingerprint density at radius 2 is 1.91 bits per heavy atom. The van der Waals surface area contributed by atoms with Gasteiger partial charge in [0.1, 0.15) is 11.6 Å². The van der Waals surface area contributed by atoms with Crippen LogP contribution < -0.4 is 0 Å². The molecule has 1 aliphatic rings. The van der Waals surface area contributed by atoms with Crippen LogP contribution in [0.3, 0.4) is 0 Å². The minimum absolute atomic E-state index is 0.00494. The van der Waals surface area contributed by atoms with Crippen molar-refractivity contribution in [2.45, 2.75) is 65.3 Å². The molecule has 8 nitrogen and oxygen atoms in total. The summed E-state index contributed by atoms with van der Waals surface area (Å²) in [6.45, 7) is 10.3. The SMILES string of the molecule is CCOC(=O)[C@]1([N+](=O)[O-])[C@H](CC(C)C)N1C(=O)OC(C)(C)C. The fraction of sp³-hybridized carbons (Fsp3) is 0.857. The van der Waals surface area contributed by atoms with Gasteiger partial charge in [0.25, 0.3) is 0 Å². The maximum Gasteiger partial charge on any atom is 0.418 e. The number of hydrogen-bond donors (Lipinski definition) is 0. The molecule has 1 saturated heterocycles. The number of ether oxygens (including phenoxy) is 2. The fourth-order valence-corrected chi connectivity index (χ4v) is 2.39. The largest absolute Gasteiger partial charge is 0.459 e. The summed E-state index contributed by atoms with van der Waals surface area (Å²) in [5.41, 5.74) is -2.97. The Labute approximate surface area is 129 Å². The first-order valence-electron chi connectivity index (χ1n) is 7.32. The second-order valence-corrected chi connectivity index (χ2v) is 6.70. The van der Waals surface area contributed by atoms with Crippen LogP contribution in [0.15, 0.2) is 0 Å². The van der Waals surface area contributed by atoms with Gasteiger partial charge in [-0.1, -0.05) is 13.8 Å². The average Bonchev–Trinajstić information content (AvgIpc) is 2.95. The molecular weight excluding hydrogens is 292 g/mol. The van der Waals surface area contributed by atoms with Gasteiger partial charge in [-0.15, -0.1) is 0 Å². The van der Waals surface area contributed by atoms with Crippen LogP contribution in [0, 0.1) is 16.0 Å². The van der Waals surface area contributed by atoms with Crippen molar-refractivity contribution in [1.29, 1.82) is 0 Å². The first-order chi connectivity index (χ1) is 9.98. The van der Waals surface area contributed by atoms with Gasteiger partial charge in [0.05, 0.1) is 11.5 Å². The summed E-state index contributed by atoms with van der Waals surface area (Å²) in [6, 6.07) is -0.851. The molecule has 1 fully saturated rings. The number of esters is 1. The van der Waals surface area contributed by atoms with Crippen LogP contribution in [0.25, 0.3) is 0 Å². The van der Waals surface area contributed by atoms with E-state index in [0.29, 0.717) is 6.42 Å². The predicted molar refractivity (Wildman–Crippen MR) is 77.7 cm³/mol. The Morgan fingerprint density at radius 1 is 1.36 bits per heavy atom. The highest BCUT2D eigenvalue weighted by Gasteiger charge is 2.83. The molecule has 8 heteroatoms. The van der Waals surface area contributed by atoms with Gasteiger partial charge >= 0.3 is 17.7 Å². The van der Waals surface area contributed by atoms with Gasteiger partial charge in [0.15, 0.2) is 0 Å². The zero-order chi connectivity index (χ0) is 17.3. The lowest BCUT2D eigenvalue weighted by atomic mass is 10.0. The van der Waals surface area contributed by atoms with E-state index in [9.17, 15) is 19.7 Å². The van der Waals surface area contributed by atoms with E-state index in [0.717, 1.165) is 4.90 Å². The number of hydrogen-bond acceptors (Lipinski definition) is 6. The molecule has 0 radical (unpaired) electrons. The van der Waals surface area contributed by atoms with Crippen LogP contribution >= 0.6 is 0 Å². The minimum atomic E-state index is -2.16. The molecule has 0 aliphatic carbocycles. The van der Waals surface area contributed by atoms with Crippen molar-refractivity contribution in [3.63, 3.8) is 0 Å². The quantitative estimate of drug-likeness (QED) is 0.334. The minimum Gasteiger partial charge on any atom is -0.459 e. The van der Waals surface area contributed by atoms with Crippen LogP contribution in [-0.4, -0.2) is 45.8 Å². The molecule has 0 aromatic heterocycles. The highest BCUT2D eigenvalue weighted by Crippen LogP contribution is 2.47. The van der Waals surface area contributed by atoms with E-state index in [1.54, 1.807) is 27.7 Å². The van der Waals surface area contributed by atoms with Gasteiger partial charge < -0.3 is 9.47 Å². The first-order valence-corrected chi connectivity index (χ1v) is 7.32. The van der Waals surface area contributed by atoms with Gasteiger partial charge in [-0.05, 0) is 40.0 Å². The molecule has 0 bridgehead atoms. The Kier molecular flexibility index (Phi) is 5.04. The van der Waals surface area contributed by atoms with E-state index in [1.165, 1.54) is 0 Å². The number of carbonyl (C=O) groups excluding carboxylic acids is 2. The molecule has 0 N–H and O–H groups in total. The van der Waals surface area contributed by atoms with E-state index in [-0.39, 0.29) is 12.5 Å². The molecule has 0 spiro atoms. The fourth-order valence-electron chi connectivity index (χ4n) is 2.39. The van der Waals surface area contributed by atoms with Crippen LogP contribution in [-0.2, 0) is 14.3 Å². The third-order valence-corrected chi connectivity index (χ3v) is 3.21. The highest BCUT2D eigenvalue weighted by atomic mass is 16.7. The third-order valence-electron chi connectivity index (χ3n) is 3.21. The lowest BCUT2D eigenvalue weighted by Crippen LogP contribution is -2.43. The van der Waals surface area contributed by atoms with Crippen molar-refractivity contribution >= 4 is 12.1 Å². The summed E-state index contributed by atoms with van der Waals surface area (Å²) in [7, 11) is 0. The summed E-state index contributed by atoms with van der Waals surface area (Å²) < 4.78 is 10.0. The Morgan fingerprint density at radius 3 is 2.27 bits per heavy atom. The molecule has 1 amide bonds. The van der Waals surface area contributed by atoms with Crippen molar-refractivity contribution in [2.24, 2.45) is 5.92 Å². The van der Waals surface area contributed by atoms with Gasteiger partial charge in [-0.2, -0.15) is 0 Å². The van der Waals surface area contributed by atoms with Gasteiger partial charge in [-0.3, -0.25) is 10.1 Å². The highest BCUT2D eigenvalue weighted by molar-refractivity contribution is 5.91. The summed E-state index contributed by atoms with van der Waals surface area (Å²) in [6.07, 6.45) is -0.554. The van der Waals surface area contributed by atoms with E-state index in [1.807, 2.05) is 13.8 Å². The predicted octanol–water partition coefficient (Wildman–Crippen LogP) is 2.19. The van der Waals surface area contributed by atoms with Crippen LogP contribution in [0.2, 0.25) is 0 Å². The maximum atomic E-state index is 12.2. The molecule has 2 atom stereocenters. The lowest BCUT2D eigenvalue weighted by molar-refractivity contribution is -0.536. The zero-order valence-corrected chi connectivity index (χ0v) is 13.9. The topological polar surface area (TPSA) is 98.8 Å². The van der Waals surface area contributed by atoms with Crippen LogP contribution in [0.4, 0.5) is 4.79 Å². The number of nitrogens with zero attached hydrogens (tertiary/aromatic N) is 2. The molecule has 1 aliphatic heterocycles. The lowest BCUT2D eigenvalue weighted by Gasteiger charge is -2.20. The number of nitro groups is 1. The molecule has 126 valence electrons. The second-order valence-electron chi connectivity index (χ2n) is 6.70. The maximum absolute atomic E-state index is 12.2. The molecule has 0 unspecified atom stereocenters. The van der Waals surface area contributed by atoms with Crippen molar-refractivity contribution in [3.8, 4) is 0 Å². The first kappa shape index (κ1) is 18.2.